The molecular weight excluding hydrogens is 272 g/mol. The Hall–Kier alpha value is -2.16. The SMILES string of the molecule is N[C@@H](CCC[C@H](NC(=O)CCC(=O)O)C(=O)O)C(=O)O. The Balaban J connectivity index is 4.17. The third-order valence-electron chi connectivity index (χ3n) is 2.52. The fourth-order valence-electron chi connectivity index (χ4n) is 1.41. The topological polar surface area (TPSA) is 167 Å². The van der Waals surface area contributed by atoms with E-state index in [2.05, 4.69) is 5.32 Å². The summed E-state index contributed by atoms with van der Waals surface area (Å²) in [6.07, 6.45) is -0.376. The molecule has 0 aliphatic rings. The second-order valence-corrected chi connectivity index (χ2v) is 4.23. The number of hydrogen-bond donors (Lipinski definition) is 5. The van der Waals surface area contributed by atoms with Gasteiger partial charge in [-0.2, -0.15) is 0 Å². The number of nitrogens with two attached hydrogens (primary N) is 1. The van der Waals surface area contributed by atoms with Gasteiger partial charge in [-0.05, 0) is 19.3 Å². The lowest BCUT2D eigenvalue weighted by molar-refractivity contribution is -0.142. The molecule has 0 aliphatic heterocycles. The van der Waals surface area contributed by atoms with Crippen molar-refractivity contribution in [3.8, 4) is 0 Å². The molecule has 20 heavy (non-hydrogen) atoms. The quantitative estimate of drug-likeness (QED) is 0.341. The summed E-state index contributed by atoms with van der Waals surface area (Å²) < 4.78 is 0. The number of carbonyl (C=O) groups is 4. The van der Waals surface area contributed by atoms with Crippen LogP contribution in [-0.4, -0.2) is 51.2 Å². The molecular formula is C11H18N2O7. The Kier molecular flexibility index (Phi) is 7.90. The van der Waals surface area contributed by atoms with Crippen molar-refractivity contribution >= 4 is 23.8 Å². The highest BCUT2D eigenvalue weighted by atomic mass is 16.4. The molecule has 114 valence electrons. The third kappa shape index (κ3) is 8.03. The molecule has 0 bridgehead atoms. The summed E-state index contributed by atoms with van der Waals surface area (Å²) in [5.41, 5.74) is 5.26. The standard InChI is InChI=1S/C11H18N2O7/c12-6(10(17)18)2-1-3-7(11(19)20)13-8(14)4-5-9(15)16/h6-7H,1-5,12H2,(H,13,14)(H,15,16)(H,17,18)(H,19,20)/t6-,7-/m0/s1. The van der Waals surface area contributed by atoms with Gasteiger partial charge in [0.25, 0.3) is 0 Å². The summed E-state index contributed by atoms with van der Waals surface area (Å²) in [4.78, 5) is 43.0. The fraction of sp³-hybridized carbons (Fsp3) is 0.636. The smallest absolute Gasteiger partial charge is 0.326 e. The molecule has 0 fully saturated rings. The van der Waals surface area contributed by atoms with E-state index in [0.717, 1.165) is 0 Å². The van der Waals surface area contributed by atoms with Crippen molar-refractivity contribution in [3.05, 3.63) is 0 Å². The number of carboxylic acid groups (broad SMARTS) is 3. The first kappa shape index (κ1) is 17.8. The minimum atomic E-state index is -1.27. The van der Waals surface area contributed by atoms with Gasteiger partial charge in [-0.25, -0.2) is 4.79 Å². The van der Waals surface area contributed by atoms with Crippen LogP contribution >= 0.6 is 0 Å². The highest BCUT2D eigenvalue weighted by molar-refractivity contribution is 5.85. The highest BCUT2D eigenvalue weighted by Gasteiger charge is 2.21. The van der Waals surface area contributed by atoms with Crippen molar-refractivity contribution in [1.29, 1.82) is 0 Å². The first-order valence-electron chi connectivity index (χ1n) is 5.96. The summed E-state index contributed by atoms with van der Waals surface area (Å²) >= 11 is 0. The van der Waals surface area contributed by atoms with Gasteiger partial charge in [0, 0.05) is 6.42 Å². The maximum absolute atomic E-state index is 11.3. The lowest BCUT2D eigenvalue weighted by Gasteiger charge is -2.14. The molecule has 9 nitrogen and oxygen atoms in total. The van der Waals surface area contributed by atoms with Crippen LogP contribution in [0.1, 0.15) is 32.1 Å². The van der Waals surface area contributed by atoms with Gasteiger partial charge in [-0.1, -0.05) is 0 Å². The van der Waals surface area contributed by atoms with E-state index in [-0.39, 0.29) is 32.1 Å². The first-order valence-corrected chi connectivity index (χ1v) is 5.96. The van der Waals surface area contributed by atoms with E-state index < -0.39 is 35.9 Å². The molecule has 0 spiro atoms. The molecule has 0 unspecified atom stereocenters. The van der Waals surface area contributed by atoms with Gasteiger partial charge in [-0.15, -0.1) is 0 Å². The van der Waals surface area contributed by atoms with E-state index in [0.29, 0.717) is 0 Å². The Morgan fingerprint density at radius 1 is 0.950 bits per heavy atom. The Morgan fingerprint density at radius 2 is 1.55 bits per heavy atom. The van der Waals surface area contributed by atoms with Gasteiger partial charge in [0.2, 0.25) is 5.91 Å². The van der Waals surface area contributed by atoms with Gasteiger partial charge < -0.3 is 26.4 Å². The molecule has 0 rings (SSSR count). The fourth-order valence-corrected chi connectivity index (χ4v) is 1.41. The third-order valence-corrected chi connectivity index (χ3v) is 2.52. The number of aliphatic carboxylic acids is 3. The number of carboxylic acids is 3. The molecule has 0 aliphatic carbocycles. The van der Waals surface area contributed by atoms with Crippen molar-refractivity contribution in [1.82, 2.24) is 5.32 Å². The van der Waals surface area contributed by atoms with Crippen LogP contribution in [0.4, 0.5) is 0 Å². The van der Waals surface area contributed by atoms with Crippen LogP contribution in [0.2, 0.25) is 0 Å². The molecule has 0 aromatic heterocycles. The van der Waals surface area contributed by atoms with Crippen LogP contribution in [0.5, 0.6) is 0 Å². The van der Waals surface area contributed by atoms with Crippen LogP contribution in [0.3, 0.4) is 0 Å². The van der Waals surface area contributed by atoms with E-state index >= 15 is 0 Å². The van der Waals surface area contributed by atoms with Crippen molar-refractivity contribution < 1.29 is 34.5 Å². The van der Waals surface area contributed by atoms with Crippen LogP contribution in [0, 0.1) is 0 Å². The molecule has 1 amide bonds. The zero-order valence-corrected chi connectivity index (χ0v) is 10.7. The van der Waals surface area contributed by atoms with Gasteiger partial charge in [0.15, 0.2) is 0 Å². The van der Waals surface area contributed by atoms with Crippen molar-refractivity contribution in [3.63, 3.8) is 0 Å². The predicted octanol–water partition coefficient (Wildman–Crippen LogP) is -0.997. The Bertz CT molecular complexity index is 383. The maximum Gasteiger partial charge on any atom is 0.326 e. The lowest BCUT2D eigenvalue weighted by atomic mass is 10.1. The van der Waals surface area contributed by atoms with Crippen LogP contribution in [0.15, 0.2) is 0 Å². The minimum absolute atomic E-state index is 0.0229. The number of rotatable bonds is 10. The molecule has 0 aromatic carbocycles. The molecule has 6 N–H and O–H groups in total. The molecule has 2 atom stereocenters. The first-order chi connectivity index (χ1) is 9.23. The normalized spacial score (nSPS) is 13.2. The predicted molar refractivity (Wildman–Crippen MR) is 65.9 cm³/mol. The minimum Gasteiger partial charge on any atom is -0.481 e. The van der Waals surface area contributed by atoms with E-state index in [1.54, 1.807) is 0 Å². The molecule has 0 aromatic rings. The Labute approximate surface area is 114 Å². The summed E-state index contributed by atoms with van der Waals surface area (Å²) in [6.45, 7) is 0. The van der Waals surface area contributed by atoms with Crippen molar-refractivity contribution in [2.45, 2.75) is 44.2 Å². The average Bonchev–Trinajstić information content (AvgIpc) is 2.34. The monoisotopic (exact) mass is 290 g/mol. The van der Waals surface area contributed by atoms with E-state index in [4.69, 9.17) is 21.1 Å². The van der Waals surface area contributed by atoms with Gasteiger partial charge >= 0.3 is 17.9 Å². The number of hydrogen-bond acceptors (Lipinski definition) is 5. The summed E-state index contributed by atoms with van der Waals surface area (Å²) in [6, 6.07) is -2.26. The summed E-state index contributed by atoms with van der Waals surface area (Å²) in [7, 11) is 0. The van der Waals surface area contributed by atoms with Crippen LogP contribution in [0.25, 0.3) is 0 Å². The maximum atomic E-state index is 11.3. The number of carbonyl (C=O) groups excluding carboxylic acids is 1. The highest BCUT2D eigenvalue weighted by Crippen LogP contribution is 2.05. The zero-order chi connectivity index (χ0) is 15.7. The molecule has 9 heteroatoms. The van der Waals surface area contributed by atoms with E-state index in [1.165, 1.54) is 0 Å². The molecule has 0 saturated carbocycles. The number of amides is 1. The van der Waals surface area contributed by atoms with E-state index in [1.807, 2.05) is 0 Å². The number of nitrogens with one attached hydrogen (secondary N) is 1. The average molecular weight is 290 g/mol. The molecule has 0 heterocycles. The van der Waals surface area contributed by atoms with Gasteiger partial charge in [0.1, 0.15) is 12.1 Å². The summed E-state index contributed by atoms with van der Waals surface area (Å²) in [5, 5.41) is 28.0. The Morgan fingerprint density at radius 3 is 2.00 bits per heavy atom. The lowest BCUT2D eigenvalue weighted by Crippen LogP contribution is -2.41. The largest absolute Gasteiger partial charge is 0.481 e. The summed E-state index contributed by atoms with van der Waals surface area (Å²) in [5.74, 6) is -4.28. The van der Waals surface area contributed by atoms with Gasteiger partial charge in [-0.3, -0.25) is 14.4 Å². The molecule has 0 radical (unpaired) electrons. The van der Waals surface area contributed by atoms with Crippen LogP contribution in [-0.2, 0) is 19.2 Å². The van der Waals surface area contributed by atoms with Gasteiger partial charge in [0.05, 0.1) is 6.42 Å². The van der Waals surface area contributed by atoms with Crippen molar-refractivity contribution in [2.75, 3.05) is 0 Å². The van der Waals surface area contributed by atoms with Crippen molar-refractivity contribution in [2.24, 2.45) is 5.73 Å². The second-order valence-electron chi connectivity index (χ2n) is 4.23. The molecule has 0 saturated heterocycles. The van der Waals surface area contributed by atoms with E-state index in [9.17, 15) is 19.2 Å². The van der Waals surface area contributed by atoms with Crippen LogP contribution < -0.4 is 11.1 Å². The second kappa shape index (κ2) is 8.86. The zero-order valence-electron chi connectivity index (χ0n) is 10.7.